The van der Waals surface area contributed by atoms with Gasteiger partial charge in [-0.25, -0.2) is 0 Å². The highest BCUT2D eigenvalue weighted by molar-refractivity contribution is 6.75. The van der Waals surface area contributed by atoms with Crippen molar-refractivity contribution in [2.75, 3.05) is 28.4 Å². The molecule has 0 aromatic heterocycles. The van der Waals surface area contributed by atoms with Gasteiger partial charge >= 0.3 is 0 Å². The maximum atomic E-state index is 6.85. The number of hydrogen-bond acceptors (Lipinski definition) is 6. The van der Waals surface area contributed by atoms with Gasteiger partial charge in [0.2, 0.25) is 0 Å². The summed E-state index contributed by atoms with van der Waals surface area (Å²) in [6, 6.07) is 6.34. The second kappa shape index (κ2) is 11.8. The van der Waals surface area contributed by atoms with E-state index in [9.17, 15) is 0 Å². The van der Waals surface area contributed by atoms with E-state index in [1.165, 1.54) is 5.57 Å². The first-order chi connectivity index (χ1) is 19.2. The van der Waals surface area contributed by atoms with E-state index >= 15 is 0 Å². The molecular formula is C34H54O6Si2. The normalized spacial score (nSPS) is 17.7. The number of ether oxygens (including phenoxy) is 4. The summed E-state index contributed by atoms with van der Waals surface area (Å²) >= 11 is 0. The van der Waals surface area contributed by atoms with Crippen LogP contribution < -0.4 is 27.8 Å². The van der Waals surface area contributed by atoms with E-state index in [-0.39, 0.29) is 21.9 Å². The molecule has 0 heterocycles. The van der Waals surface area contributed by atoms with Crippen molar-refractivity contribution >= 4 is 22.7 Å². The van der Waals surface area contributed by atoms with Crippen LogP contribution in [0.4, 0.5) is 0 Å². The van der Waals surface area contributed by atoms with Crippen molar-refractivity contribution < 1.29 is 27.8 Å². The highest BCUT2D eigenvalue weighted by atomic mass is 28.4. The number of rotatable bonds is 9. The van der Waals surface area contributed by atoms with E-state index < -0.39 is 16.6 Å². The van der Waals surface area contributed by atoms with Crippen molar-refractivity contribution in [3.05, 3.63) is 40.5 Å². The van der Waals surface area contributed by atoms with Gasteiger partial charge in [0.25, 0.3) is 16.6 Å². The van der Waals surface area contributed by atoms with Gasteiger partial charge in [-0.1, -0.05) is 60.1 Å². The van der Waals surface area contributed by atoms with E-state index in [4.69, 9.17) is 27.8 Å². The molecule has 0 bridgehead atoms. The summed E-state index contributed by atoms with van der Waals surface area (Å²) in [5.41, 5.74) is 4.47. The molecule has 2 aromatic rings. The molecule has 2 atom stereocenters. The smallest absolute Gasteiger partial charge is 0.250 e. The first kappa shape index (κ1) is 33.9. The molecule has 0 amide bonds. The molecular weight excluding hydrogens is 561 g/mol. The molecule has 0 fully saturated rings. The van der Waals surface area contributed by atoms with Gasteiger partial charge in [-0.3, -0.25) is 0 Å². The summed E-state index contributed by atoms with van der Waals surface area (Å²) in [5, 5.41) is 0.0425. The van der Waals surface area contributed by atoms with Gasteiger partial charge < -0.3 is 27.8 Å². The Morgan fingerprint density at radius 2 is 1.05 bits per heavy atom. The SMILES string of the molecule is COc1cc([C@@H]2c3cc(OC)c(O[Si](C)(C)C(C)(C)C)c(OC)c3C=C(C)[C@H]2C)cc(OC)c1O[Si](C)(C)C(C)(C)C. The fraction of sp³-hybridized carbons (Fsp3) is 0.588. The van der Waals surface area contributed by atoms with Gasteiger partial charge in [0.05, 0.1) is 28.4 Å². The summed E-state index contributed by atoms with van der Waals surface area (Å²) in [4.78, 5) is 0. The van der Waals surface area contributed by atoms with Crippen LogP contribution in [-0.2, 0) is 0 Å². The molecule has 0 saturated heterocycles. The fourth-order valence-electron chi connectivity index (χ4n) is 4.86. The van der Waals surface area contributed by atoms with Crippen LogP contribution in [0.2, 0.25) is 36.3 Å². The summed E-state index contributed by atoms with van der Waals surface area (Å²) in [7, 11) is 2.45. The number of hydrogen-bond donors (Lipinski definition) is 0. The second-order valence-corrected chi connectivity index (χ2v) is 24.0. The first-order valence-corrected chi connectivity index (χ1v) is 20.7. The van der Waals surface area contributed by atoms with E-state index in [1.807, 2.05) is 0 Å². The van der Waals surface area contributed by atoms with Crippen molar-refractivity contribution in [2.24, 2.45) is 5.92 Å². The Morgan fingerprint density at radius 3 is 1.45 bits per heavy atom. The third-order valence-electron chi connectivity index (χ3n) is 9.79. The molecule has 0 radical (unpaired) electrons. The lowest BCUT2D eigenvalue weighted by Crippen LogP contribution is -2.44. The van der Waals surface area contributed by atoms with Gasteiger partial charge in [-0.15, -0.1) is 0 Å². The number of allylic oxidation sites excluding steroid dienone is 1. The maximum absolute atomic E-state index is 6.85. The van der Waals surface area contributed by atoms with Gasteiger partial charge in [0.1, 0.15) is 0 Å². The number of benzene rings is 2. The quantitative estimate of drug-likeness (QED) is 0.262. The van der Waals surface area contributed by atoms with E-state index in [1.54, 1.807) is 28.4 Å². The van der Waals surface area contributed by atoms with E-state index in [0.29, 0.717) is 34.5 Å². The Labute approximate surface area is 257 Å². The Balaban J connectivity index is 2.29. The predicted octanol–water partition coefficient (Wildman–Crippen LogP) is 9.67. The molecule has 2 aromatic carbocycles. The largest absolute Gasteiger partial charge is 0.539 e. The molecule has 42 heavy (non-hydrogen) atoms. The molecule has 1 aliphatic carbocycles. The van der Waals surface area contributed by atoms with Gasteiger partial charge in [-0.05, 0) is 78.4 Å². The molecule has 8 heteroatoms. The van der Waals surface area contributed by atoms with E-state index in [0.717, 1.165) is 16.7 Å². The van der Waals surface area contributed by atoms with Crippen molar-refractivity contribution in [3.8, 4) is 34.5 Å². The summed E-state index contributed by atoms with van der Waals surface area (Å²) in [6.07, 6.45) is 2.23. The van der Waals surface area contributed by atoms with Crippen LogP contribution >= 0.6 is 0 Å². The Hall–Kier alpha value is -2.59. The Kier molecular flexibility index (Phi) is 9.55. The molecule has 3 rings (SSSR count). The maximum Gasteiger partial charge on any atom is 0.250 e. The van der Waals surface area contributed by atoms with Crippen molar-refractivity contribution in [3.63, 3.8) is 0 Å². The monoisotopic (exact) mass is 614 g/mol. The number of methoxy groups -OCH3 is 4. The summed E-state index contributed by atoms with van der Waals surface area (Å²) in [6.45, 7) is 26.8. The molecule has 1 aliphatic rings. The highest BCUT2D eigenvalue weighted by Gasteiger charge is 2.43. The van der Waals surface area contributed by atoms with E-state index in [2.05, 4.69) is 106 Å². The lowest BCUT2D eigenvalue weighted by molar-refractivity contribution is 0.350. The minimum atomic E-state index is -2.19. The molecule has 0 unspecified atom stereocenters. The third kappa shape index (κ3) is 6.21. The average molecular weight is 615 g/mol. The second-order valence-electron chi connectivity index (χ2n) is 14.6. The van der Waals surface area contributed by atoms with Crippen LogP contribution in [-0.4, -0.2) is 45.1 Å². The Morgan fingerprint density at radius 1 is 0.619 bits per heavy atom. The zero-order valence-corrected chi connectivity index (χ0v) is 30.9. The van der Waals surface area contributed by atoms with Crippen molar-refractivity contribution in [1.82, 2.24) is 0 Å². The molecule has 6 nitrogen and oxygen atoms in total. The van der Waals surface area contributed by atoms with Crippen LogP contribution in [0, 0.1) is 5.92 Å². The van der Waals surface area contributed by atoms with Gasteiger partial charge in [0, 0.05) is 11.5 Å². The predicted molar refractivity (Wildman–Crippen MR) is 179 cm³/mol. The molecule has 0 spiro atoms. The van der Waals surface area contributed by atoms with Crippen LogP contribution in [0.1, 0.15) is 78.0 Å². The van der Waals surface area contributed by atoms with Crippen molar-refractivity contribution in [1.29, 1.82) is 0 Å². The van der Waals surface area contributed by atoms with Crippen molar-refractivity contribution in [2.45, 2.75) is 97.6 Å². The zero-order valence-electron chi connectivity index (χ0n) is 28.9. The summed E-state index contributed by atoms with van der Waals surface area (Å²) < 4.78 is 37.6. The number of fused-ring (bicyclic) bond motifs is 1. The first-order valence-electron chi connectivity index (χ1n) is 14.9. The lowest BCUT2D eigenvalue weighted by atomic mass is 9.72. The van der Waals surface area contributed by atoms with Crippen LogP contribution in [0.5, 0.6) is 34.5 Å². The third-order valence-corrected chi connectivity index (χ3v) is 18.4. The topological polar surface area (TPSA) is 55.4 Å². The zero-order chi connectivity index (χ0) is 32.0. The minimum absolute atomic E-state index is 0.000516. The molecule has 0 aliphatic heterocycles. The molecule has 234 valence electrons. The lowest BCUT2D eigenvalue weighted by Gasteiger charge is -2.39. The minimum Gasteiger partial charge on any atom is -0.539 e. The van der Waals surface area contributed by atoms with Crippen LogP contribution in [0.15, 0.2) is 23.8 Å². The fourth-order valence-corrected chi connectivity index (χ4v) is 6.89. The van der Waals surface area contributed by atoms with Crippen LogP contribution in [0.25, 0.3) is 6.08 Å². The van der Waals surface area contributed by atoms with Crippen LogP contribution in [0.3, 0.4) is 0 Å². The highest BCUT2D eigenvalue weighted by Crippen LogP contribution is 2.55. The van der Waals surface area contributed by atoms with Gasteiger partial charge in [0.15, 0.2) is 34.5 Å². The Bertz CT molecular complexity index is 1310. The average Bonchev–Trinajstić information content (AvgIpc) is 2.87. The molecule has 0 saturated carbocycles. The standard InChI is InChI=1S/C34H54O6Si2/c1-21-17-25-24(20-28(37-11)32(30(25)38-12)40-42(15,16)34(6,7)8)29(22(21)2)23-18-26(35-9)31(27(19-23)36-10)39-41(13,14)33(3,4)5/h17-20,22,29H,1-16H3/t22-,29-/m1/s1. The summed E-state index contributed by atoms with van der Waals surface area (Å²) in [5.74, 6) is 4.29. The molecule has 0 N–H and O–H groups in total. The van der Waals surface area contributed by atoms with Gasteiger partial charge in [-0.2, -0.15) is 0 Å².